The summed E-state index contributed by atoms with van der Waals surface area (Å²) in [6, 6.07) is 10.7. The monoisotopic (exact) mass is 341 g/mol. The topological polar surface area (TPSA) is 80.8 Å². The standard InChI is InChI=1S/C18H19N3O4/c1-24-15-6-4-14(5-7-15)21-11-16(25-12-17(21)22)10-20-18(23)13-3-2-8-19-9-13/h2-9,16H,10-12H2,1H3,(H,20,23). The first-order valence-corrected chi connectivity index (χ1v) is 7.91. The average molecular weight is 341 g/mol. The Morgan fingerprint density at radius 2 is 2.16 bits per heavy atom. The fourth-order valence-corrected chi connectivity index (χ4v) is 2.57. The number of benzene rings is 1. The van der Waals surface area contributed by atoms with E-state index in [0.29, 0.717) is 18.7 Å². The van der Waals surface area contributed by atoms with Crippen molar-refractivity contribution in [2.75, 3.05) is 31.7 Å². The van der Waals surface area contributed by atoms with Crippen molar-refractivity contribution in [3.63, 3.8) is 0 Å². The van der Waals surface area contributed by atoms with E-state index in [1.165, 1.54) is 6.20 Å². The molecule has 1 aliphatic rings. The summed E-state index contributed by atoms with van der Waals surface area (Å²) in [6.07, 6.45) is 2.84. The smallest absolute Gasteiger partial charge is 0.253 e. The fourth-order valence-electron chi connectivity index (χ4n) is 2.57. The minimum absolute atomic E-state index is 0.0144. The Morgan fingerprint density at radius 1 is 1.36 bits per heavy atom. The lowest BCUT2D eigenvalue weighted by Crippen LogP contribution is -2.50. The highest BCUT2D eigenvalue weighted by atomic mass is 16.5. The molecule has 1 N–H and O–H groups in total. The van der Waals surface area contributed by atoms with Crippen LogP contribution in [0.1, 0.15) is 10.4 Å². The maximum atomic E-state index is 12.1. The molecule has 0 radical (unpaired) electrons. The molecule has 1 atom stereocenters. The van der Waals surface area contributed by atoms with E-state index in [1.54, 1.807) is 42.5 Å². The van der Waals surface area contributed by atoms with Crippen molar-refractivity contribution in [3.8, 4) is 5.75 Å². The molecule has 0 saturated carbocycles. The molecule has 1 saturated heterocycles. The molecular weight excluding hydrogens is 322 g/mol. The van der Waals surface area contributed by atoms with Gasteiger partial charge in [0, 0.05) is 24.6 Å². The third kappa shape index (κ3) is 4.13. The van der Waals surface area contributed by atoms with Crippen molar-refractivity contribution in [1.82, 2.24) is 10.3 Å². The summed E-state index contributed by atoms with van der Waals surface area (Å²) in [5.74, 6) is 0.398. The Bertz CT molecular complexity index is 734. The summed E-state index contributed by atoms with van der Waals surface area (Å²) >= 11 is 0. The maximum Gasteiger partial charge on any atom is 0.253 e. The van der Waals surface area contributed by atoms with Crippen molar-refractivity contribution < 1.29 is 19.1 Å². The molecule has 1 aliphatic heterocycles. The molecule has 130 valence electrons. The van der Waals surface area contributed by atoms with Gasteiger partial charge in [0.25, 0.3) is 11.8 Å². The summed E-state index contributed by atoms with van der Waals surface area (Å²) in [6.45, 7) is 0.672. The minimum atomic E-state index is -0.277. The van der Waals surface area contributed by atoms with Gasteiger partial charge in [-0.3, -0.25) is 14.6 Å². The number of anilines is 1. The van der Waals surface area contributed by atoms with Crippen LogP contribution in [0.4, 0.5) is 5.69 Å². The number of pyridine rings is 1. The first kappa shape index (κ1) is 16.9. The number of hydrogen-bond donors (Lipinski definition) is 1. The van der Waals surface area contributed by atoms with E-state index in [9.17, 15) is 9.59 Å². The second-order valence-corrected chi connectivity index (χ2v) is 5.59. The first-order valence-electron chi connectivity index (χ1n) is 7.91. The molecule has 25 heavy (non-hydrogen) atoms. The van der Waals surface area contributed by atoms with E-state index in [2.05, 4.69) is 10.3 Å². The number of aromatic nitrogens is 1. The lowest BCUT2D eigenvalue weighted by atomic mass is 10.2. The highest BCUT2D eigenvalue weighted by Crippen LogP contribution is 2.21. The van der Waals surface area contributed by atoms with Gasteiger partial charge >= 0.3 is 0 Å². The first-order chi connectivity index (χ1) is 12.2. The largest absolute Gasteiger partial charge is 0.497 e. The molecule has 2 amide bonds. The van der Waals surface area contributed by atoms with Crippen LogP contribution < -0.4 is 15.0 Å². The second-order valence-electron chi connectivity index (χ2n) is 5.59. The van der Waals surface area contributed by atoms with Gasteiger partial charge in [-0.2, -0.15) is 0 Å². The zero-order valence-electron chi connectivity index (χ0n) is 13.8. The quantitative estimate of drug-likeness (QED) is 0.885. The van der Waals surface area contributed by atoms with E-state index >= 15 is 0 Å². The maximum absolute atomic E-state index is 12.1. The number of methoxy groups -OCH3 is 1. The van der Waals surface area contributed by atoms with Crippen molar-refractivity contribution in [1.29, 1.82) is 0 Å². The minimum Gasteiger partial charge on any atom is -0.497 e. The van der Waals surface area contributed by atoms with E-state index in [-0.39, 0.29) is 24.5 Å². The van der Waals surface area contributed by atoms with E-state index in [0.717, 1.165) is 11.4 Å². The molecule has 7 nitrogen and oxygen atoms in total. The number of hydrogen-bond acceptors (Lipinski definition) is 5. The van der Waals surface area contributed by atoms with Crippen molar-refractivity contribution in [2.45, 2.75) is 6.10 Å². The number of amides is 2. The van der Waals surface area contributed by atoms with Crippen molar-refractivity contribution in [2.24, 2.45) is 0 Å². The van der Waals surface area contributed by atoms with Crippen molar-refractivity contribution in [3.05, 3.63) is 54.4 Å². The summed E-state index contributed by atoms with van der Waals surface area (Å²) in [7, 11) is 1.59. The molecular formula is C18H19N3O4. The van der Waals surface area contributed by atoms with E-state index in [1.807, 2.05) is 12.1 Å². The predicted molar refractivity (Wildman–Crippen MR) is 91.7 cm³/mol. The number of nitrogens with one attached hydrogen (secondary N) is 1. The normalized spacial score (nSPS) is 17.2. The van der Waals surface area contributed by atoms with Crippen LogP contribution in [0, 0.1) is 0 Å². The van der Waals surface area contributed by atoms with Gasteiger partial charge in [0.1, 0.15) is 12.4 Å². The van der Waals surface area contributed by atoms with E-state index < -0.39 is 0 Å². The SMILES string of the molecule is COc1ccc(N2CC(CNC(=O)c3cccnc3)OCC2=O)cc1. The lowest BCUT2D eigenvalue weighted by molar-refractivity contribution is -0.129. The Labute approximate surface area is 145 Å². The van der Waals surface area contributed by atoms with Crippen LogP contribution in [0.2, 0.25) is 0 Å². The van der Waals surface area contributed by atoms with Gasteiger partial charge in [0.2, 0.25) is 0 Å². The zero-order chi connectivity index (χ0) is 17.6. The molecule has 1 fully saturated rings. The van der Waals surface area contributed by atoms with Crippen LogP contribution in [0.3, 0.4) is 0 Å². The van der Waals surface area contributed by atoms with Gasteiger partial charge in [-0.15, -0.1) is 0 Å². The average Bonchev–Trinajstić information content (AvgIpc) is 2.68. The Hall–Kier alpha value is -2.93. The van der Waals surface area contributed by atoms with E-state index in [4.69, 9.17) is 9.47 Å². The summed E-state index contributed by atoms with van der Waals surface area (Å²) in [5.41, 5.74) is 1.26. The molecule has 0 aliphatic carbocycles. The van der Waals surface area contributed by atoms with Gasteiger partial charge in [0.15, 0.2) is 0 Å². The molecule has 2 heterocycles. The second kappa shape index (κ2) is 7.76. The van der Waals surface area contributed by atoms with Crippen molar-refractivity contribution >= 4 is 17.5 Å². The number of morpholine rings is 1. The highest BCUT2D eigenvalue weighted by Gasteiger charge is 2.27. The van der Waals surface area contributed by atoms with Gasteiger partial charge in [-0.1, -0.05) is 0 Å². The zero-order valence-corrected chi connectivity index (χ0v) is 13.8. The predicted octanol–water partition coefficient (Wildman–Crippen LogP) is 1.25. The number of carbonyl (C=O) groups excluding carboxylic acids is 2. The third-order valence-electron chi connectivity index (χ3n) is 3.93. The van der Waals surface area contributed by atoms with Crippen LogP contribution in [-0.2, 0) is 9.53 Å². The number of nitrogens with zero attached hydrogens (tertiary/aromatic N) is 2. The molecule has 1 aromatic carbocycles. The Balaban J connectivity index is 1.60. The summed E-state index contributed by atoms with van der Waals surface area (Å²) in [4.78, 5) is 29.8. The van der Waals surface area contributed by atoms with Crippen LogP contribution in [-0.4, -0.2) is 49.7 Å². The third-order valence-corrected chi connectivity index (χ3v) is 3.93. The van der Waals surface area contributed by atoms with Gasteiger partial charge in [0.05, 0.1) is 25.3 Å². The highest BCUT2D eigenvalue weighted by molar-refractivity contribution is 5.95. The lowest BCUT2D eigenvalue weighted by Gasteiger charge is -2.33. The number of carbonyl (C=O) groups is 2. The molecule has 0 bridgehead atoms. The van der Waals surface area contributed by atoms with Gasteiger partial charge < -0.3 is 19.7 Å². The van der Waals surface area contributed by atoms with Crippen LogP contribution >= 0.6 is 0 Å². The Kier molecular flexibility index (Phi) is 5.25. The van der Waals surface area contributed by atoms with Gasteiger partial charge in [-0.25, -0.2) is 0 Å². The number of ether oxygens (including phenoxy) is 2. The van der Waals surface area contributed by atoms with Crippen LogP contribution in [0.5, 0.6) is 5.75 Å². The summed E-state index contributed by atoms with van der Waals surface area (Å²) in [5, 5.41) is 2.81. The van der Waals surface area contributed by atoms with Crippen LogP contribution in [0.15, 0.2) is 48.8 Å². The fraction of sp³-hybridized carbons (Fsp3) is 0.278. The molecule has 1 unspecified atom stereocenters. The molecule has 3 rings (SSSR count). The van der Waals surface area contributed by atoms with Gasteiger partial charge in [-0.05, 0) is 36.4 Å². The molecule has 2 aromatic rings. The molecule has 7 heteroatoms. The Morgan fingerprint density at radius 3 is 2.84 bits per heavy atom. The van der Waals surface area contributed by atoms with Crippen LogP contribution in [0.25, 0.3) is 0 Å². The molecule has 0 spiro atoms. The molecule has 1 aromatic heterocycles. The summed E-state index contributed by atoms with van der Waals surface area (Å²) < 4.78 is 10.7. The number of rotatable bonds is 5.